The average Bonchev–Trinajstić information content (AvgIpc) is 2.81. The first-order chi connectivity index (χ1) is 10.7. The van der Waals surface area contributed by atoms with E-state index in [1.165, 1.54) is 12.0 Å². The van der Waals surface area contributed by atoms with Gasteiger partial charge in [0.15, 0.2) is 0 Å². The van der Waals surface area contributed by atoms with E-state index >= 15 is 0 Å². The molecule has 3 aliphatic carbocycles. The minimum atomic E-state index is -0.648. The largest absolute Gasteiger partial charge is 0.392 e. The molecule has 0 aliphatic heterocycles. The highest BCUT2D eigenvalue weighted by Crippen LogP contribution is 2.63. The van der Waals surface area contributed by atoms with Crippen molar-refractivity contribution in [2.75, 3.05) is 6.61 Å². The van der Waals surface area contributed by atoms with Crippen molar-refractivity contribution in [1.82, 2.24) is 0 Å². The molecule has 130 valence electrons. The van der Waals surface area contributed by atoms with Gasteiger partial charge in [0, 0.05) is 5.41 Å². The van der Waals surface area contributed by atoms with Crippen molar-refractivity contribution in [2.24, 2.45) is 22.7 Å². The van der Waals surface area contributed by atoms with E-state index < -0.39 is 12.2 Å². The van der Waals surface area contributed by atoms with Crippen molar-refractivity contribution >= 4 is 0 Å². The second-order valence-electron chi connectivity index (χ2n) is 8.81. The maximum Gasteiger partial charge on any atom is 0.0784 e. The Bertz CT molecular complexity index is 547. The molecule has 1 saturated carbocycles. The fourth-order valence-electron chi connectivity index (χ4n) is 5.40. The number of hydrogen-bond donors (Lipinski definition) is 3. The molecule has 1 fully saturated rings. The van der Waals surface area contributed by atoms with Crippen LogP contribution in [-0.4, -0.2) is 34.1 Å². The van der Waals surface area contributed by atoms with Gasteiger partial charge in [-0.1, -0.05) is 44.9 Å². The molecular formula is C20H32O3. The van der Waals surface area contributed by atoms with Crippen molar-refractivity contribution in [3.63, 3.8) is 0 Å². The molecule has 3 heteroatoms. The van der Waals surface area contributed by atoms with E-state index in [0.717, 1.165) is 19.3 Å². The average molecular weight is 320 g/mol. The third kappa shape index (κ3) is 2.52. The van der Waals surface area contributed by atoms with Crippen LogP contribution in [0.5, 0.6) is 0 Å². The second kappa shape index (κ2) is 5.72. The van der Waals surface area contributed by atoms with Gasteiger partial charge in [-0.05, 0) is 54.9 Å². The second-order valence-corrected chi connectivity index (χ2v) is 8.81. The Morgan fingerprint density at radius 1 is 1.17 bits per heavy atom. The van der Waals surface area contributed by atoms with Gasteiger partial charge in [-0.25, -0.2) is 0 Å². The maximum atomic E-state index is 10.9. The molecule has 0 bridgehead atoms. The van der Waals surface area contributed by atoms with Crippen molar-refractivity contribution < 1.29 is 15.3 Å². The van der Waals surface area contributed by atoms with Gasteiger partial charge in [-0.15, -0.1) is 0 Å². The molecule has 23 heavy (non-hydrogen) atoms. The Labute approximate surface area is 140 Å². The summed E-state index contributed by atoms with van der Waals surface area (Å²) in [6, 6.07) is 0. The third-order valence-electron chi connectivity index (χ3n) is 7.12. The topological polar surface area (TPSA) is 60.7 Å². The van der Waals surface area contributed by atoms with Crippen LogP contribution in [-0.2, 0) is 0 Å². The van der Waals surface area contributed by atoms with Gasteiger partial charge >= 0.3 is 0 Å². The van der Waals surface area contributed by atoms with Crippen LogP contribution in [0.4, 0.5) is 0 Å². The van der Waals surface area contributed by atoms with Gasteiger partial charge in [0.2, 0.25) is 0 Å². The summed E-state index contributed by atoms with van der Waals surface area (Å²) >= 11 is 0. The van der Waals surface area contributed by atoms with E-state index in [0.29, 0.717) is 17.9 Å². The van der Waals surface area contributed by atoms with Gasteiger partial charge < -0.3 is 15.3 Å². The normalized spacial score (nSPS) is 44.0. The van der Waals surface area contributed by atoms with Crippen molar-refractivity contribution in [2.45, 2.75) is 72.0 Å². The van der Waals surface area contributed by atoms with E-state index in [1.54, 1.807) is 11.6 Å². The van der Waals surface area contributed by atoms with Gasteiger partial charge in [0.1, 0.15) is 0 Å². The minimum absolute atomic E-state index is 0.172. The van der Waals surface area contributed by atoms with Crippen LogP contribution < -0.4 is 0 Å². The van der Waals surface area contributed by atoms with Crippen LogP contribution in [0.1, 0.15) is 59.8 Å². The molecule has 0 saturated heterocycles. The number of aliphatic hydroxyl groups excluding tert-OH is 3. The van der Waals surface area contributed by atoms with Crippen LogP contribution in [0, 0.1) is 22.7 Å². The minimum Gasteiger partial charge on any atom is -0.392 e. The molecule has 3 aliphatic rings. The van der Waals surface area contributed by atoms with E-state index in [9.17, 15) is 15.3 Å². The summed E-state index contributed by atoms with van der Waals surface area (Å²) in [5.41, 5.74) is 3.64. The number of rotatable bonds is 2. The summed E-state index contributed by atoms with van der Waals surface area (Å²) in [6.07, 6.45) is 5.55. The first kappa shape index (κ1) is 17.2. The summed E-state index contributed by atoms with van der Waals surface area (Å²) in [5, 5.41) is 31.0. The zero-order chi connectivity index (χ0) is 17.0. The van der Waals surface area contributed by atoms with Gasteiger partial charge in [-0.3, -0.25) is 0 Å². The Kier molecular flexibility index (Phi) is 4.27. The van der Waals surface area contributed by atoms with Crippen molar-refractivity contribution in [3.8, 4) is 0 Å². The molecule has 3 nitrogen and oxygen atoms in total. The molecule has 0 aromatic heterocycles. The summed E-state index contributed by atoms with van der Waals surface area (Å²) in [4.78, 5) is 0. The zero-order valence-corrected chi connectivity index (χ0v) is 15.0. The fraction of sp³-hybridized carbons (Fsp3) is 0.800. The Morgan fingerprint density at radius 3 is 2.48 bits per heavy atom. The first-order valence-electron chi connectivity index (χ1n) is 9.14. The molecule has 0 radical (unpaired) electrons. The van der Waals surface area contributed by atoms with E-state index in [4.69, 9.17) is 0 Å². The molecule has 5 atom stereocenters. The fourth-order valence-corrected chi connectivity index (χ4v) is 5.40. The summed E-state index contributed by atoms with van der Waals surface area (Å²) in [6.45, 7) is 8.91. The smallest absolute Gasteiger partial charge is 0.0784 e. The predicted molar refractivity (Wildman–Crippen MR) is 91.8 cm³/mol. The SMILES string of the molecule is CC(C)C1=C2C3CC(O)C(CO)=CC(O)C3(C)CCC2(C)CC1. The van der Waals surface area contributed by atoms with E-state index in [2.05, 4.69) is 27.7 Å². The Morgan fingerprint density at radius 2 is 1.87 bits per heavy atom. The number of fused-ring (bicyclic) bond motifs is 3. The molecule has 3 rings (SSSR count). The molecule has 0 aromatic rings. The molecule has 0 amide bonds. The van der Waals surface area contributed by atoms with Crippen LogP contribution in [0.2, 0.25) is 0 Å². The highest BCUT2D eigenvalue weighted by Gasteiger charge is 2.55. The standard InChI is InChI=1S/C20H32O3/c1-12(2)14-5-6-19(3)7-8-20(4)15(18(14)19)10-16(22)13(11-21)9-17(20)23/h9,12,15-17,21-23H,5-8,10-11H2,1-4H3. The lowest BCUT2D eigenvalue weighted by molar-refractivity contribution is -0.0142. The maximum absolute atomic E-state index is 10.9. The third-order valence-corrected chi connectivity index (χ3v) is 7.12. The number of hydrogen-bond acceptors (Lipinski definition) is 3. The van der Waals surface area contributed by atoms with Crippen LogP contribution >= 0.6 is 0 Å². The van der Waals surface area contributed by atoms with Crippen LogP contribution in [0.3, 0.4) is 0 Å². The van der Waals surface area contributed by atoms with Gasteiger partial charge in [0.05, 0.1) is 18.8 Å². The molecule has 0 heterocycles. The van der Waals surface area contributed by atoms with Gasteiger partial charge in [-0.2, -0.15) is 0 Å². The quantitative estimate of drug-likeness (QED) is 0.685. The lowest BCUT2D eigenvalue weighted by Gasteiger charge is -2.51. The monoisotopic (exact) mass is 320 g/mol. The predicted octanol–water partition coefficient (Wildman–Crippen LogP) is 3.20. The zero-order valence-electron chi connectivity index (χ0n) is 15.0. The summed E-state index contributed by atoms with van der Waals surface area (Å²) < 4.78 is 0. The number of allylic oxidation sites excluding steroid dienone is 2. The summed E-state index contributed by atoms with van der Waals surface area (Å²) in [5.74, 6) is 0.725. The Hall–Kier alpha value is -0.640. The van der Waals surface area contributed by atoms with E-state index in [1.807, 2.05) is 0 Å². The van der Waals surface area contributed by atoms with Crippen molar-refractivity contribution in [3.05, 3.63) is 22.8 Å². The molecular weight excluding hydrogens is 288 g/mol. The lowest BCUT2D eigenvalue weighted by atomic mass is 9.54. The highest BCUT2D eigenvalue weighted by atomic mass is 16.3. The first-order valence-corrected chi connectivity index (χ1v) is 9.14. The highest BCUT2D eigenvalue weighted by molar-refractivity contribution is 5.37. The molecule has 3 N–H and O–H groups in total. The molecule has 0 spiro atoms. The summed E-state index contributed by atoms with van der Waals surface area (Å²) in [7, 11) is 0. The van der Waals surface area contributed by atoms with Crippen molar-refractivity contribution in [1.29, 1.82) is 0 Å². The van der Waals surface area contributed by atoms with Crippen LogP contribution in [0.15, 0.2) is 22.8 Å². The van der Waals surface area contributed by atoms with Gasteiger partial charge in [0.25, 0.3) is 0 Å². The molecule has 0 aromatic carbocycles. The van der Waals surface area contributed by atoms with Crippen LogP contribution in [0.25, 0.3) is 0 Å². The Balaban J connectivity index is 2.11. The molecule has 5 unspecified atom stereocenters. The van der Waals surface area contributed by atoms with E-state index in [-0.39, 0.29) is 23.4 Å². The number of aliphatic hydroxyl groups is 3. The lowest BCUT2D eigenvalue weighted by Crippen LogP contribution is -2.46.